The van der Waals surface area contributed by atoms with Crippen LogP contribution in [-0.4, -0.2) is 6.54 Å². The van der Waals surface area contributed by atoms with Crippen LogP contribution >= 0.6 is 0 Å². The van der Waals surface area contributed by atoms with Gasteiger partial charge in [-0.25, -0.2) is 0 Å². The summed E-state index contributed by atoms with van der Waals surface area (Å²) in [6, 6.07) is 12.7. The molecule has 0 radical (unpaired) electrons. The van der Waals surface area contributed by atoms with Gasteiger partial charge in [-0.1, -0.05) is 38.1 Å². The van der Waals surface area contributed by atoms with Gasteiger partial charge in [0.15, 0.2) is 0 Å². The number of hydrogen-bond acceptors (Lipinski definition) is 2. The van der Waals surface area contributed by atoms with Crippen LogP contribution < -0.4 is 5.73 Å². The average Bonchev–Trinajstić information content (AvgIpc) is 2.89. The predicted octanol–water partition coefficient (Wildman–Crippen LogP) is 3.69. The molecule has 1 atom stereocenters. The Labute approximate surface area is 109 Å². The first-order chi connectivity index (χ1) is 8.70. The average molecular weight is 243 g/mol. The summed E-state index contributed by atoms with van der Waals surface area (Å²) >= 11 is 0. The summed E-state index contributed by atoms with van der Waals surface area (Å²) in [4.78, 5) is 0. The molecule has 1 heterocycles. The van der Waals surface area contributed by atoms with Crippen LogP contribution in [0.5, 0.6) is 0 Å². The van der Waals surface area contributed by atoms with Crippen molar-refractivity contribution in [2.24, 2.45) is 5.73 Å². The number of nitrogens with two attached hydrogens (primary N) is 1. The van der Waals surface area contributed by atoms with E-state index >= 15 is 0 Å². The summed E-state index contributed by atoms with van der Waals surface area (Å²) in [7, 11) is 0. The summed E-state index contributed by atoms with van der Waals surface area (Å²) in [6.07, 6.45) is 2.58. The zero-order valence-electron chi connectivity index (χ0n) is 11.1. The molecule has 1 unspecified atom stereocenters. The molecule has 0 amide bonds. The maximum Gasteiger partial charge on any atom is 0.104 e. The molecule has 0 aliphatic heterocycles. The van der Waals surface area contributed by atoms with Gasteiger partial charge in [0, 0.05) is 12.3 Å². The summed E-state index contributed by atoms with van der Waals surface area (Å²) in [5, 5.41) is 0. The molecule has 0 saturated carbocycles. The highest BCUT2D eigenvalue weighted by atomic mass is 16.3. The van der Waals surface area contributed by atoms with Gasteiger partial charge in [0.05, 0.1) is 6.26 Å². The molecule has 18 heavy (non-hydrogen) atoms. The fraction of sp³-hybridized carbons (Fsp3) is 0.375. The zero-order chi connectivity index (χ0) is 13.0. The van der Waals surface area contributed by atoms with Crippen molar-refractivity contribution in [3.8, 4) is 0 Å². The largest absolute Gasteiger partial charge is 0.469 e. The van der Waals surface area contributed by atoms with Gasteiger partial charge in [-0.3, -0.25) is 0 Å². The Morgan fingerprint density at radius 1 is 1.06 bits per heavy atom. The Morgan fingerprint density at radius 3 is 2.22 bits per heavy atom. The minimum absolute atomic E-state index is 0.331. The van der Waals surface area contributed by atoms with E-state index in [2.05, 4.69) is 38.1 Å². The SMILES string of the molecule is CC(C)c1ccc(C(CN)Cc2ccco2)cc1. The minimum atomic E-state index is 0.331. The smallest absolute Gasteiger partial charge is 0.104 e. The van der Waals surface area contributed by atoms with Crippen LogP contribution in [0.1, 0.15) is 42.6 Å². The second-order valence-corrected chi connectivity index (χ2v) is 5.04. The summed E-state index contributed by atoms with van der Waals surface area (Å²) in [5.74, 6) is 1.90. The summed E-state index contributed by atoms with van der Waals surface area (Å²) in [6.45, 7) is 5.05. The van der Waals surface area contributed by atoms with Crippen molar-refractivity contribution in [1.82, 2.24) is 0 Å². The molecule has 2 N–H and O–H groups in total. The van der Waals surface area contributed by atoms with Crippen molar-refractivity contribution >= 4 is 0 Å². The van der Waals surface area contributed by atoms with Gasteiger partial charge in [0.1, 0.15) is 5.76 Å². The first-order valence-electron chi connectivity index (χ1n) is 6.53. The molecule has 0 aliphatic carbocycles. The van der Waals surface area contributed by atoms with Crippen molar-refractivity contribution in [2.45, 2.75) is 32.1 Å². The van der Waals surface area contributed by atoms with E-state index in [1.807, 2.05) is 12.1 Å². The number of benzene rings is 1. The highest BCUT2D eigenvalue weighted by molar-refractivity contribution is 5.28. The van der Waals surface area contributed by atoms with Gasteiger partial charge in [0.25, 0.3) is 0 Å². The monoisotopic (exact) mass is 243 g/mol. The van der Waals surface area contributed by atoms with Crippen LogP contribution in [0.2, 0.25) is 0 Å². The molecule has 0 spiro atoms. The predicted molar refractivity (Wildman–Crippen MR) is 74.7 cm³/mol. The van der Waals surface area contributed by atoms with Crippen LogP contribution in [0, 0.1) is 0 Å². The lowest BCUT2D eigenvalue weighted by molar-refractivity contribution is 0.487. The molecular weight excluding hydrogens is 222 g/mol. The molecule has 1 aromatic heterocycles. The van der Waals surface area contributed by atoms with Crippen LogP contribution in [0.15, 0.2) is 47.1 Å². The standard InChI is InChI=1S/C16H21NO/c1-12(2)13-5-7-14(8-6-13)15(11-17)10-16-4-3-9-18-16/h3-9,12,15H,10-11,17H2,1-2H3. The highest BCUT2D eigenvalue weighted by Gasteiger charge is 2.12. The van der Waals surface area contributed by atoms with E-state index in [9.17, 15) is 0 Å². The Morgan fingerprint density at radius 2 is 1.72 bits per heavy atom. The van der Waals surface area contributed by atoms with Crippen LogP contribution in [0.25, 0.3) is 0 Å². The van der Waals surface area contributed by atoms with Gasteiger partial charge in [-0.2, -0.15) is 0 Å². The van der Waals surface area contributed by atoms with Crippen molar-refractivity contribution in [1.29, 1.82) is 0 Å². The second-order valence-electron chi connectivity index (χ2n) is 5.04. The Kier molecular flexibility index (Phi) is 4.21. The number of rotatable bonds is 5. The number of furan rings is 1. The Balaban J connectivity index is 2.12. The fourth-order valence-corrected chi connectivity index (χ4v) is 2.16. The molecule has 96 valence electrons. The van der Waals surface area contributed by atoms with Gasteiger partial charge in [0.2, 0.25) is 0 Å². The second kappa shape index (κ2) is 5.87. The molecule has 1 aromatic carbocycles. The molecular formula is C16H21NO. The van der Waals surface area contributed by atoms with Gasteiger partial charge in [-0.05, 0) is 35.7 Å². The molecule has 2 aromatic rings. The maximum atomic E-state index is 5.88. The van der Waals surface area contributed by atoms with Crippen LogP contribution in [-0.2, 0) is 6.42 Å². The van der Waals surface area contributed by atoms with Gasteiger partial charge < -0.3 is 10.2 Å². The fourth-order valence-electron chi connectivity index (χ4n) is 2.16. The van der Waals surface area contributed by atoms with Crippen LogP contribution in [0.4, 0.5) is 0 Å². The zero-order valence-corrected chi connectivity index (χ0v) is 11.1. The number of hydrogen-bond donors (Lipinski definition) is 1. The third-order valence-electron chi connectivity index (χ3n) is 3.39. The third-order valence-corrected chi connectivity index (χ3v) is 3.39. The first kappa shape index (κ1) is 12.9. The normalized spacial score (nSPS) is 12.9. The quantitative estimate of drug-likeness (QED) is 0.870. The van der Waals surface area contributed by atoms with Crippen LogP contribution in [0.3, 0.4) is 0 Å². The lowest BCUT2D eigenvalue weighted by Crippen LogP contribution is -2.14. The molecule has 0 fully saturated rings. The van der Waals surface area contributed by atoms with Gasteiger partial charge >= 0.3 is 0 Å². The molecule has 0 saturated heterocycles. The summed E-state index contributed by atoms with van der Waals surface area (Å²) in [5.41, 5.74) is 8.54. The van der Waals surface area contributed by atoms with Crippen molar-refractivity contribution in [3.05, 3.63) is 59.5 Å². The molecule has 0 aliphatic rings. The first-order valence-corrected chi connectivity index (χ1v) is 6.53. The van der Waals surface area contributed by atoms with E-state index in [0.29, 0.717) is 18.4 Å². The lowest BCUT2D eigenvalue weighted by Gasteiger charge is -2.15. The minimum Gasteiger partial charge on any atom is -0.469 e. The Hall–Kier alpha value is -1.54. The molecule has 2 rings (SSSR count). The van der Waals surface area contributed by atoms with E-state index in [1.165, 1.54) is 11.1 Å². The van der Waals surface area contributed by atoms with E-state index in [1.54, 1.807) is 6.26 Å². The third kappa shape index (κ3) is 3.02. The van der Waals surface area contributed by atoms with Crippen molar-refractivity contribution in [3.63, 3.8) is 0 Å². The van der Waals surface area contributed by atoms with E-state index in [0.717, 1.165) is 12.2 Å². The molecule has 0 bridgehead atoms. The molecule has 2 heteroatoms. The van der Waals surface area contributed by atoms with Crippen molar-refractivity contribution < 1.29 is 4.42 Å². The lowest BCUT2D eigenvalue weighted by atomic mass is 9.92. The summed E-state index contributed by atoms with van der Waals surface area (Å²) < 4.78 is 5.39. The van der Waals surface area contributed by atoms with Crippen molar-refractivity contribution in [2.75, 3.05) is 6.54 Å². The van der Waals surface area contributed by atoms with E-state index in [4.69, 9.17) is 10.2 Å². The van der Waals surface area contributed by atoms with Gasteiger partial charge in [-0.15, -0.1) is 0 Å². The maximum absolute atomic E-state index is 5.88. The highest BCUT2D eigenvalue weighted by Crippen LogP contribution is 2.23. The topological polar surface area (TPSA) is 39.2 Å². The van der Waals surface area contributed by atoms with E-state index in [-0.39, 0.29) is 0 Å². The van der Waals surface area contributed by atoms with E-state index < -0.39 is 0 Å². The Bertz CT molecular complexity index is 456. The molecule has 2 nitrogen and oxygen atoms in total.